The fraction of sp³-hybridized carbons (Fsp3) is 0.500. The van der Waals surface area contributed by atoms with E-state index in [9.17, 15) is 5.11 Å². The molecule has 102 valence electrons. The molecule has 0 radical (unpaired) electrons. The quantitative estimate of drug-likeness (QED) is 0.629. The molecular weight excluding hydrogens is 295 g/mol. The lowest BCUT2D eigenvalue weighted by atomic mass is 10.2. The van der Waals surface area contributed by atoms with E-state index in [1.54, 1.807) is 0 Å². The third kappa shape index (κ3) is 2.07. The van der Waals surface area contributed by atoms with Crippen LogP contribution < -0.4 is 0 Å². The van der Waals surface area contributed by atoms with Crippen molar-refractivity contribution in [1.29, 1.82) is 0 Å². The van der Waals surface area contributed by atoms with Gasteiger partial charge in [-0.3, -0.25) is 4.57 Å². The average molecular weight is 305 g/mol. The first-order valence-electron chi connectivity index (χ1n) is 5.60. The van der Waals surface area contributed by atoms with Crippen molar-refractivity contribution in [3.63, 3.8) is 0 Å². The molecule has 9 heteroatoms. The van der Waals surface area contributed by atoms with Gasteiger partial charge in [-0.2, -0.15) is 0 Å². The average Bonchev–Trinajstić information content (AvgIpc) is 2.90. The Morgan fingerprint density at radius 2 is 2.21 bits per heavy atom. The van der Waals surface area contributed by atoms with E-state index in [-0.39, 0.29) is 23.5 Å². The molecule has 0 unspecified atom stereocenters. The minimum Gasteiger partial charge on any atom is -0.394 e. The lowest BCUT2D eigenvalue weighted by molar-refractivity contribution is -0.0431. The lowest BCUT2D eigenvalue weighted by Gasteiger charge is -2.14. The summed E-state index contributed by atoms with van der Waals surface area (Å²) in [4.78, 5) is 12.0. The molecule has 0 bridgehead atoms. The van der Waals surface area contributed by atoms with E-state index < -0.39 is 18.4 Å². The lowest BCUT2D eigenvalue weighted by Crippen LogP contribution is -2.24. The smallest absolute Gasteiger partial charge is 0.207 e. The maximum absolute atomic E-state index is 9.76. The van der Waals surface area contributed by atoms with Crippen LogP contribution in [0.3, 0.4) is 0 Å². The molecular formula is C10H10Cl2N4O3. The van der Waals surface area contributed by atoms with Gasteiger partial charge in [0.15, 0.2) is 10.8 Å². The van der Waals surface area contributed by atoms with Crippen LogP contribution in [0.2, 0.25) is 10.4 Å². The van der Waals surface area contributed by atoms with Gasteiger partial charge in [0.2, 0.25) is 5.28 Å². The first kappa shape index (κ1) is 13.0. The summed E-state index contributed by atoms with van der Waals surface area (Å²) in [6, 6.07) is 0. The minimum absolute atomic E-state index is 0.146. The van der Waals surface area contributed by atoms with E-state index in [1.165, 1.54) is 10.9 Å². The highest BCUT2D eigenvalue weighted by atomic mass is 35.5. The highest BCUT2D eigenvalue weighted by Crippen LogP contribution is 2.34. The second-order valence-electron chi connectivity index (χ2n) is 4.20. The van der Waals surface area contributed by atoms with E-state index in [0.717, 1.165) is 0 Å². The number of rotatable bonds is 2. The van der Waals surface area contributed by atoms with Crippen LogP contribution in [0.1, 0.15) is 12.6 Å². The second kappa shape index (κ2) is 4.84. The summed E-state index contributed by atoms with van der Waals surface area (Å²) < 4.78 is 7.06. The number of halogens is 2. The zero-order valence-electron chi connectivity index (χ0n) is 9.57. The Morgan fingerprint density at radius 3 is 2.89 bits per heavy atom. The van der Waals surface area contributed by atoms with Crippen LogP contribution in [0.25, 0.3) is 11.2 Å². The Labute approximate surface area is 117 Å². The van der Waals surface area contributed by atoms with E-state index in [4.69, 9.17) is 33.0 Å². The molecule has 3 heterocycles. The number of aliphatic hydroxyl groups excluding tert-OH is 2. The van der Waals surface area contributed by atoms with Crippen LogP contribution in [0, 0.1) is 0 Å². The first-order valence-corrected chi connectivity index (χ1v) is 6.35. The number of aromatic nitrogens is 4. The largest absolute Gasteiger partial charge is 0.394 e. The summed E-state index contributed by atoms with van der Waals surface area (Å²) in [6.07, 6.45) is -0.362. The monoisotopic (exact) mass is 304 g/mol. The summed E-state index contributed by atoms with van der Waals surface area (Å²) in [5, 5.41) is 19.2. The number of hydrogen-bond donors (Lipinski definition) is 2. The number of fused-ring (bicyclic) bond motifs is 1. The highest BCUT2D eigenvalue weighted by molar-refractivity contribution is 6.34. The predicted molar refractivity (Wildman–Crippen MR) is 67.0 cm³/mol. The minimum atomic E-state index is -0.763. The molecule has 0 saturated carbocycles. The fourth-order valence-electron chi connectivity index (χ4n) is 2.15. The van der Waals surface area contributed by atoms with Gasteiger partial charge in [0, 0.05) is 6.42 Å². The summed E-state index contributed by atoms with van der Waals surface area (Å²) in [5.41, 5.74) is 0.806. The van der Waals surface area contributed by atoms with Crippen molar-refractivity contribution in [2.75, 3.05) is 6.61 Å². The maximum Gasteiger partial charge on any atom is 0.207 e. The fourth-order valence-corrected chi connectivity index (χ4v) is 2.59. The van der Waals surface area contributed by atoms with Crippen molar-refractivity contribution in [3.8, 4) is 0 Å². The molecule has 2 N–H and O–H groups in total. The molecule has 2 aromatic heterocycles. The van der Waals surface area contributed by atoms with Gasteiger partial charge in [-0.05, 0) is 11.6 Å². The van der Waals surface area contributed by atoms with Gasteiger partial charge in [0.25, 0.3) is 0 Å². The number of nitrogens with zero attached hydrogens (tertiary/aromatic N) is 4. The third-order valence-electron chi connectivity index (χ3n) is 3.06. The Kier molecular flexibility index (Phi) is 3.32. The summed E-state index contributed by atoms with van der Waals surface area (Å²) in [6.45, 7) is -0.266. The number of imidazole rings is 1. The van der Waals surface area contributed by atoms with Gasteiger partial charge in [0.1, 0.15) is 24.2 Å². The zero-order valence-corrected chi connectivity index (χ0v) is 11.1. The molecule has 1 aliphatic rings. The Hall–Kier alpha value is -0.990. The van der Waals surface area contributed by atoms with Crippen molar-refractivity contribution in [2.24, 2.45) is 0 Å². The Balaban J connectivity index is 2.06. The molecule has 3 rings (SSSR count). The van der Waals surface area contributed by atoms with Gasteiger partial charge < -0.3 is 14.9 Å². The van der Waals surface area contributed by atoms with Crippen molar-refractivity contribution in [1.82, 2.24) is 19.5 Å². The topological polar surface area (TPSA) is 93.3 Å². The molecule has 0 aromatic carbocycles. The number of hydrogen-bond acceptors (Lipinski definition) is 6. The van der Waals surface area contributed by atoms with Crippen molar-refractivity contribution >= 4 is 34.4 Å². The van der Waals surface area contributed by atoms with Crippen LogP contribution in [0.5, 0.6) is 0 Å². The van der Waals surface area contributed by atoms with E-state index >= 15 is 0 Å². The van der Waals surface area contributed by atoms with Crippen LogP contribution in [-0.2, 0) is 4.74 Å². The third-order valence-corrected chi connectivity index (χ3v) is 3.60. The van der Waals surface area contributed by atoms with Crippen molar-refractivity contribution in [3.05, 3.63) is 16.8 Å². The van der Waals surface area contributed by atoms with Gasteiger partial charge in [0.05, 0.1) is 12.7 Å². The highest BCUT2D eigenvalue weighted by Gasteiger charge is 2.36. The standard InChI is InChI=1S/C10H10Cl2N4O3/c11-8-7-9(14-3-13-8)16(10(12)15-7)6-1-4(18)5(2-17)19-6/h3-6,17-18H,1-2H2/t4-,5+,6+/m1/s1. The molecule has 1 saturated heterocycles. The van der Waals surface area contributed by atoms with E-state index in [2.05, 4.69) is 15.0 Å². The molecule has 0 aliphatic carbocycles. The van der Waals surface area contributed by atoms with Crippen LogP contribution in [-0.4, -0.2) is 48.5 Å². The predicted octanol–water partition coefficient (Wildman–Crippen LogP) is 0.774. The number of aliphatic hydroxyl groups is 2. The SMILES string of the molecule is OC[C@@H]1O[C@H](n2c(Cl)nc3c(Cl)ncnc32)C[C@H]1O. The Morgan fingerprint density at radius 1 is 1.42 bits per heavy atom. The molecule has 1 fully saturated rings. The van der Waals surface area contributed by atoms with E-state index in [0.29, 0.717) is 11.2 Å². The Bertz CT molecular complexity index is 620. The first-order chi connectivity index (χ1) is 9.11. The number of ether oxygens (including phenoxy) is 1. The van der Waals surface area contributed by atoms with Gasteiger partial charge in [-0.1, -0.05) is 11.6 Å². The van der Waals surface area contributed by atoms with E-state index in [1.807, 2.05) is 0 Å². The summed E-state index contributed by atoms with van der Waals surface area (Å²) in [5.74, 6) is 0. The molecule has 19 heavy (non-hydrogen) atoms. The molecule has 2 aromatic rings. The van der Waals surface area contributed by atoms with Crippen LogP contribution in [0.15, 0.2) is 6.33 Å². The molecule has 0 spiro atoms. The van der Waals surface area contributed by atoms with Gasteiger partial charge >= 0.3 is 0 Å². The maximum atomic E-state index is 9.76. The molecule has 1 aliphatic heterocycles. The van der Waals surface area contributed by atoms with Gasteiger partial charge in [-0.15, -0.1) is 0 Å². The second-order valence-corrected chi connectivity index (χ2v) is 4.90. The van der Waals surface area contributed by atoms with Crippen molar-refractivity contribution < 1.29 is 14.9 Å². The van der Waals surface area contributed by atoms with Crippen LogP contribution in [0.4, 0.5) is 0 Å². The summed E-state index contributed by atoms with van der Waals surface area (Å²) >= 11 is 12.0. The molecule has 3 atom stereocenters. The van der Waals surface area contributed by atoms with Crippen LogP contribution >= 0.6 is 23.2 Å². The summed E-state index contributed by atoms with van der Waals surface area (Å²) in [7, 11) is 0. The van der Waals surface area contributed by atoms with Crippen molar-refractivity contribution in [2.45, 2.75) is 24.9 Å². The molecule has 7 nitrogen and oxygen atoms in total. The van der Waals surface area contributed by atoms with Gasteiger partial charge in [-0.25, -0.2) is 15.0 Å². The molecule has 0 amide bonds. The normalized spacial score (nSPS) is 27.3. The zero-order chi connectivity index (χ0) is 13.6.